The molecule has 1 aliphatic heterocycles. The Morgan fingerprint density at radius 3 is 2.30 bits per heavy atom. The summed E-state index contributed by atoms with van der Waals surface area (Å²) in [5.41, 5.74) is -1.46. The highest BCUT2D eigenvalue weighted by Gasteiger charge is 2.45. The molecule has 3 nitrogen and oxygen atoms in total. The van der Waals surface area contributed by atoms with Crippen LogP contribution in [-0.4, -0.2) is 28.4 Å². The van der Waals surface area contributed by atoms with Gasteiger partial charge in [0, 0.05) is 22.3 Å². The lowest BCUT2D eigenvalue weighted by molar-refractivity contribution is -0.288. The molecule has 4 heteroatoms. The molecule has 1 fully saturated rings. The first-order chi connectivity index (χ1) is 11.3. The van der Waals surface area contributed by atoms with E-state index in [-0.39, 0.29) is 47.0 Å². The zero-order valence-electron chi connectivity index (χ0n) is 17.2. The van der Waals surface area contributed by atoms with Crippen LogP contribution in [0.15, 0.2) is 29.2 Å². The fourth-order valence-electron chi connectivity index (χ4n) is 2.81. The molecular formula is C16H22ClN2O. The molecule has 1 saturated heterocycles. The van der Waals surface area contributed by atoms with Crippen molar-refractivity contribution < 1.29 is 12.1 Å². The smallest absolute Gasteiger partial charge is 0.0842 e. The Labute approximate surface area is 133 Å². The maximum Gasteiger partial charge on any atom is 0.0842 e. The van der Waals surface area contributed by atoms with Gasteiger partial charge in [-0.15, -0.1) is 10.3 Å². The summed E-state index contributed by atoms with van der Waals surface area (Å²) >= 11 is 5.79. The number of halogens is 1. The second kappa shape index (κ2) is 5.47. The van der Waals surface area contributed by atoms with E-state index in [1.807, 2.05) is 27.7 Å². The fourth-order valence-corrected chi connectivity index (χ4v) is 2.91. The summed E-state index contributed by atoms with van der Waals surface area (Å²) in [6, 6.07) is -1.83. The summed E-state index contributed by atoms with van der Waals surface area (Å²) in [6.45, 7) is 7.30. The molecule has 20 heavy (non-hydrogen) atoms. The Morgan fingerprint density at radius 1 is 1.30 bits per heavy atom. The SMILES string of the molecule is [2H]C(=NC1CC(C)(C)N([O])C(C)(C)C1)c1c([2H])c([2H])c(Cl)c([2H])c1[2H]. The monoisotopic (exact) mass is 298 g/mol. The first-order valence-corrected chi connectivity index (χ1v) is 6.95. The van der Waals surface area contributed by atoms with Gasteiger partial charge in [-0.2, -0.15) is 0 Å². The van der Waals surface area contributed by atoms with E-state index >= 15 is 0 Å². The number of piperidine rings is 1. The predicted molar refractivity (Wildman–Crippen MR) is 82.8 cm³/mol. The van der Waals surface area contributed by atoms with Crippen molar-refractivity contribution in [1.82, 2.24) is 5.06 Å². The van der Waals surface area contributed by atoms with Gasteiger partial charge in [0.25, 0.3) is 0 Å². The maximum absolute atomic E-state index is 12.4. The van der Waals surface area contributed by atoms with Crippen molar-refractivity contribution in [2.45, 2.75) is 57.7 Å². The Hall–Kier alpha value is -0.900. The minimum Gasteiger partial charge on any atom is -0.289 e. The zero-order valence-corrected chi connectivity index (χ0v) is 12.9. The van der Waals surface area contributed by atoms with Crippen LogP contribution in [0.1, 0.15) is 53.0 Å². The number of hydrogen-bond donors (Lipinski definition) is 0. The average molecular weight is 299 g/mol. The zero-order chi connectivity index (χ0) is 19.3. The second-order valence-electron chi connectivity index (χ2n) is 6.41. The number of rotatable bonds is 2. The molecule has 0 spiro atoms. The van der Waals surface area contributed by atoms with Crippen LogP contribution >= 0.6 is 11.6 Å². The van der Waals surface area contributed by atoms with Gasteiger partial charge in [0.1, 0.15) is 0 Å². The largest absolute Gasteiger partial charge is 0.289 e. The van der Waals surface area contributed by atoms with Gasteiger partial charge in [0.2, 0.25) is 0 Å². The number of hydrogen-bond acceptors (Lipinski definition) is 2. The van der Waals surface area contributed by atoms with Crippen molar-refractivity contribution in [1.29, 1.82) is 0 Å². The lowest BCUT2D eigenvalue weighted by atomic mass is 9.79. The molecule has 0 N–H and O–H groups in total. The molecule has 1 aliphatic rings. The summed E-state index contributed by atoms with van der Waals surface area (Å²) < 4.78 is 39.7. The molecule has 1 radical (unpaired) electrons. The molecule has 0 atom stereocenters. The molecule has 109 valence electrons. The Bertz CT molecular complexity index is 689. The molecule has 0 saturated carbocycles. The molecule has 0 amide bonds. The molecule has 1 aromatic carbocycles. The molecule has 0 unspecified atom stereocenters. The Balaban J connectivity index is 2.47. The van der Waals surface area contributed by atoms with E-state index in [0.29, 0.717) is 12.8 Å². The van der Waals surface area contributed by atoms with Gasteiger partial charge in [-0.25, -0.2) is 0 Å². The average Bonchev–Trinajstić information content (AvgIpc) is 2.48. The molecule has 2 rings (SSSR count). The van der Waals surface area contributed by atoms with Crippen LogP contribution in [0, 0.1) is 0 Å². The van der Waals surface area contributed by atoms with E-state index < -0.39 is 11.1 Å². The quantitative estimate of drug-likeness (QED) is 0.756. The van der Waals surface area contributed by atoms with Crippen LogP contribution in [0.3, 0.4) is 0 Å². The van der Waals surface area contributed by atoms with Crippen molar-refractivity contribution in [2.24, 2.45) is 4.99 Å². The summed E-state index contributed by atoms with van der Waals surface area (Å²) in [5, 5.41) is 13.2. The molecular weight excluding hydrogens is 272 g/mol. The highest BCUT2D eigenvalue weighted by molar-refractivity contribution is 6.30. The van der Waals surface area contributed by atoms with Gasteiger partial charge in [-0.1, -0.05) is 23.7 Å². The standard InChI is InChI=1S/C16H22ClN2O/c1-15(2)9-14(10-16(3,4)19(15)20)18-11-12-5-7-13(17)8-6-12/h5-8,11,14H,9-10H2,1-4H3/i5D,6D,7D,8D,11D. The molecule has 0 bridgehead atoms. The van der Waals surface area contributed by atoms with Gasteiger partial charge in [0.05, 0.1) is 12.9 Å². The Morgan fingerprint density at radius 2 is 1.80 bits per heavy atom. The maximum atomic E-state index is 12.4. The summed E-state index contributed by atoms with van der Waals surface area (Å²) in [4.78, 5) is 4.33. The summed E-state index contributed by atoms with van der Waals surface area (Å²) in [7, 11) is 0. The van der Waals surface area contributed by atoms with Crippen molar-refractivity contribution >= 4 is 17.8 Å². The van der Waals surface area contributed by atoms with Crippen molar-refractivity contribution in [2.75, 3.05) is 0 Å². The van der Waals surface area contributed by atoms with Crippen molar-refractivity contribution in [3.63, 3.8) is 0 Å². The van der Waals surface area contributed by atoms with Crippen LogP contribution in [-0.2, 0) is 5.21 Å². The van der Waals surface area contributed by atoms with Gasteiger partial charge in [-0.05, 0) is 58.2 Å². The van der Waals surface area contributed by atoms with E-state index in [2.05, 4.69) is 4.99 Å². The van der Waals surface area contributed by atoms with E-state index in [1.54, 1.807) is 0 Å². The highest BCUT2D eigenvalue weighted by atomic mass is 35.5. The lowest BCUT2D eigenvalue weighted by Gasteiger charge is -2.48. The molecule has 1 aromatic rings. The van der Waals surface area contributed by atoms with E-state index in [1.165, 1.54) is 0 Å². The van der Waals surface area contributed by atoms with E-state index in [4.69, 9.17) is 18.5 Å². The lowest BCUT2D eigenvalue weighted by Crippen LogP contribution is -2.59. The van der Waals surface area contributed by atoms with Crippen molar-refractivity contribution in [3.05, 3.63) is 34.8 Å². The number of benzene rings is 1. The number of nitrogens with zero attached hydrogens (tertiary/aromatic N) is 2. The highest BCUT2D eigenvalue weighted by Crippen LogP contribution is 2.38. The van der Waals surface area contributed by atoms with Gasteiger partial charge < -0.3 is 0 Å². The van der Waals surface area contributed by atoms with Crippen LogP contribution in [0.2, 0.25) is 5.02 Å². The van der Waals surface area contributed by atoms with Crippen LogP contribution in [0.5, 0.6) is 0 Å². The van der Waals surface area contributed by atoms with E-state index in [9.17, 15) is 5.21 Å². The molecule has 0 aliphatic carbocycles. The topological polar surface area (TPSA) is 35.5 Å². The van der Waals surface area contributed by atoms with Crippen molar-refractivity contribution in [3.8, 4) is 0 Å². The third-order valence-corrected chi connectivity index (χ3v) is 3.71. The van der Waals surface area contributed by atoms with Gasteiger partial charge >= 0.3 is 0 Å². The minimum atomic E-state index is -0.648. The number of aliphatic imine (C=N–C) groups is 1. The minimum absolute atomic E-state index is 0.167. The summed E-state index contributed by atoms with van der Waals surface area (Å²) in [5.74, 6) is 0. The van der Waals surface area contributed by atoms with Crippen LogP contribution < -0.4 is 0 Å². The van der Waals surface area contributed by atoms with E-state index in [0.717, 1.165) is 5.06 Å². The predicted octanol–water partition coefficient (Wildman–Crippen LogP) is 4.13. The Kier molecular flexibility index (Phi) is 2.72. The third kappa shape index (κ3) is 3.40. The first-order valence-electron chi connectivity index (χ1n) is 9.07. The third-order valence-electron chi connectivity index (χ3n) is 3.52. The van der Waals surface area contributed by atoms with Crippen LogP contribution in [0.4, 0.5) is 0 Å². The second-order valence-corrected chi connectivity index (χ2v) is 6.79. The van der Waals surface area contributed by atoms with Gasteiger partial charge in [0.15, 0.2) is 0 Å². The molecule has 0 aromatic heterocycles. The summed E-state index contributed by atoms with van der Waals surface area (Å²) in [6.07, 6.45) is 0.570. The normalized spacial score (nSPS) is 27.3. The molecule has 1 heterocycles. The van der Waals surface area contributed by atoms with Crippen LogP contribution in [0.25, 0.3) is 0 Å². The fraction of sp³-hybridized carbons (Fsp3) is 0.562. The first kappa shape index (κ1) is 9.93. The van der Waals surface area contributed by atoms with Gasteiger partial charge in [-0.3, -0.25) is 4.99 Å². The number of hydroxylamine groups is 2.